The first-order valence-corrected chi connectivity index (χ1v) is 11.7. The van der Waals surface area contributed by atoms with Gasteiger partial charge >= 0.3 is 12.2 Å². The SMILES string of the molecule is CCCCNC(=O)OC(C)C(N)C(N)(C1CCCCC1)C(C)OC(=O)NCCCC. The molecule has 1 fully saturated rings. The Kier molecular flexibility index (Phi) is 12.1. The van der Waals surface area contributed by atoms with Crippen molar-refractivity contribution >= 4 is 12.2 Å². The van der Waals surface area contributed by atoms with Crippen LogP contribution < -0.4 is 22.1 Å². The standard InChI is InChI=1S/C22H44N4O4/c1-5-7-14-25-20(27)29-16(3)19(23)22(24,18-12-10-9-11-13-18)17(4)30-21(28)26-15-8-6-2/h16-19H,5-15,23-24H2,1-4H3,(H,25,27)(H,26,28). The van der Waals surface area contributed by atoms with Crippen LogP contribution in [-0.4, -0.2) is 49.1 Å². The molecule has 4 atom stereocenters. The van der Waals surface area contributed by atoms with Crippen LogP contribution in [0.1, 0.15) is 85.5 Å². The van der Waals surface area contributed by atoms with Crippen LogP contribution in [0.3, 0.4) is 0 Å². The third-order valence-electron chi connectivity index (χ3n) is 6.28. The van der Waals surface area contributed by atoms with Crippen molar-refractivity contribution in [2.45, 2.75) is 109 Å². The van der Waals surface area contributed by atoms with E-state index < -0.39 is 36.0 Å². The lowest BCUT2D eigenvalue weighted by molar-refractivity contribution is -0.0207. The summed E-state index contributed by atoms with van der Waals surface area (Å²) in [4.78, 5) is 24.4. The van der Waals surface area contributed by atoms with Crippen molar-refractivity contribution in [1.82, 2.24) is 10.6 Å². The molecule has 8 heteroatoms. The molecule has 4 unspecified atom stereocenters. The van der Waals surface area contributed by atoms with Gasteiger partial charge in [-0.2, -0.15) is 0 Å². The van der Waals surface area contributed by atoms with E-state index in [9.17, 15) is 9.59 Å². The number of carbonyl (C=O) groups excluding carboxylic acids is 2. The van der Waals surface area contributed by atoms with Crippen LogP contribution in [-0.2, 0) is 9.47 Å². The quantitative estimate of drug-likeness (QED) is 0.353. The first kappa shape index (κ1) is 26.5. The number of carbonyl (C=O) groups is 2. The van der Waals surface area contributed by atoms with Gasteiger partial charge in [0.1, 0.15) is 12.2 Å². The molecule has 0 bridgehead atoms. The molecule has 30 heavy (non-hydrogen) atoms. The lowest BCUT2D eigenvalue weighted by Crippen LogP contribution is -2.70. The molecule has 0 saturated heterocycles. The minimum Gasteiger partial charge on any atom is -0.445 e. The summed E-state index contributed by atoms with van der Waals surface area (Å²) in [6, 6.07) is -0.670. The van der Waals surface area contributed by atoms with Gasteiger partial charge in [-0.1, -0.05) is 46.0 Å². The zero-order chi connectivity index (χ0) is 22.6. The Morgan fingerprint density at radius 2 is 1.47 bits per heavy atom. The van der Waals surface area contributed by atoms with E-state index in [4.69, 9.17) is 20.9 Å². The number of hydrogen-bond acceptors (Lipinski definition) is 6. The van der Waals surface area contributed by atoms with Crippen molar-refractivity contribution in [3.63, 3.8) is 0 Å². The largest absolute Gasteiger partial charge is 0.445 e. The molecular formula is C22H44N4O4. The number of alkyl carbamates (subject to hydrolysis) is 2. The third kappa shape index (κ3) is 7.95. The van der Waals surface area contributed by atoms with Gasteiger partial charge in [0.25, 0.3) is 0 Å². The molecule has 8 nitrogen and oxygen atoms in total. The van der Waals surface area contributed by atoms with Crippen molar-refractivity contribution in [2.75, 3.05) is 13.1 Å². The van der Waals surface area contributed by atoms with Crippen LogP contribution in [0.15, 0.2) is 0 Å². The number of amides is 2. The molecule has 0 aromatic rings. The average Bonchev–Trinajstić information content (AvgIpc) is 2.73. The van der Waals surface area contributed by atoms with Gasteiger partial charge < -0.3 is 31.6 Å². The van der Waals surface area contributed by atoms with Gasteiger partial charge in [-0.05, 0) is 45.4 Å². The molecule has 1 rings (SSSR count). The second kappa shape index (κ2) is 13.7. The maximum absolute atomic E-state index is 12.2. The van der Waals surface area contributed by atoms with Gasteiger partial charge in [0.15, 0.2) is 0 Å². The molecule has 1 saturated carbocycles. The number of unbranched alkanes of at least 4 members (excludes halogenated alkanes) is 2. The molecule has 0 heterocycles. The van der Waals surface area contributed by atoms with Gasteiger partial charge in [0.2, 0.25) is 0 Å². The van der Waals surface area contributed by atoms with E-state index in [2.05, 4.69) is 24.5 Å². The molecule has 0 spiro atoms. The van der Waals surface area contributed by atoms with Crippen LogP contribution >= 0.6 is 0 Å². The Bertz CT molecular complexity index is 513. The van der Waals surface area contributed by atoms with E-state index in [0.717, 1.165) is 51.4 Å². The van der Waals surface area contributed by atoms with Crippen molar-refractivity contribution in [2.24, 2.45) is 17.4 Å². The van der Waals surface area contributed by atoms with E-state index >= 15 is 0 Å². The number of nitrogens with one attached hydrogen (secondary N) is 2. The van der Waals surface area contributed by atoms with Crippen molar-refractivity contribution < 1.29 is 19.1 Å². The third-order valence-corrected chi connectivity index (χ3v) is 6.28. The van der Waals surface area contributed by atoms with E-state index in [1.807, 2.05) is 0 Å². The summed E-state index contributed by atoms with van der Waals surface area (Å²) in [7, 11) is 0. The number of ether oxygens (including phenoxy) is 2. The maximum Gasteiger partial charge on any atom is 0.407 e. The lowest BCUT2D eigenvalue weighted by atomic mass is 9.67. The topological polar surface area (TPSA) is 129 Å². The van der Waals surface area contributed by atoms with Gasteiger partial charge in [0, 0.05) is 13.1 Å². The van der Waals surface area contributed by atoms with Crippen LogP contribution in [0.4, 0.5) is 9.59 Å². The summed E-state index contributed by atoms with van der Waals surface area (Å²) in [5, 5.41) is 5.50. The van der Waals surface area contributed by atoms with Gasteiger partial charge in [0.05, 0.1) is 11.6 Å². The van der Waals surface area contributed by atoms with Crippen molar-refractivity contribution in [3.05, 3.63) is 0 Å². The van der Waals surface area contributed by atoms with Gasteiger partial charge in [-0.15, -0.1) is 0 Å². The fraction of sp³-hybridized carbons (Fsp3) is 0.909. The van der Waals surface area contributed by atoms with Crippen LogP contribution in [0, 0.1) is 5.92 Å². The van der Waals surface area contributed by atoms with Crippen molar-refractivity contribution in [3.8, 4) is 0 Å². The predicted molar refractivity (Wildman–Crippen MR) is 119 cm³/mol. The molecule has 0 aliphatic heterocycles. The molecule has 1 aliphatic rings. The zero-order valence-corrected chi connectivity index (χ0v) is 19.4. The monoisotopic (exact) mass is 428 g/mol. The highest BCUT2D eigenvalue weighted by Crippen LogP contribution is 2.37. The van der Waals surface area contributed by atoms with Gasteiger partial charge in [-0.25, -0.2) is 9.59 Å². The molecule has 0 aromatic heterocycles. The predicted octanol–water partition coefficient (Wildman–Crippen LogP) is 3.42. The Labute approximate surface area is 182 Å². The summed E-state index contributed by atoms with van der Waals surface area (Å²) < 4.78 is 11.2. The van der Waals surface area contributed by atoms with E-state index in [1.54, 1.807) is 13.8 Å². The molecule has 176 valence electrons. The van der Waals surface area contributed by atoms with Crippen LogP contribution in [0.25, 0.3) is 0 Å². The summed E-state index contributed by atoms with van der Waals surface area (Å²) in [6.45, 7) is 8.78. The molecule has 0 radical (unpaired) electrons. The highest BCUT2D eigenvalue weighted by molar-refractivity contribution is 5.68. The first-order chi connectivity index (χ1) is 14.3. The first-order valence-electron chi connectivity index (χ1n) is 11.7. The maximum atomic E-state index is 12.2. The van der Waals surface area contributed by atoms with E-state index in [0.29, 0.717) is 13.1 Å². The average molecular weight is 429 g/mol. The van der Waals surface area contributed by atoms with Gasteiger partial charge in [-0.3, -0.25) is 0 Å². The smallest absolute Gasteiger partial charge is 0.407 e. The van der Waals surface area contributed by atoms with Crippen molar-refractivity contribution in [1.29, 1.82) is 0 Å². The Balaban J connectivity index is 2.86. The Morgan fingerprint density at radius 1 is 0.967 bits per heavy atom. The Morgan fingerprint density at radius 3 is 1.97 bits per heavy atom. The second-order valence-electron chi connectivity index (χ2n) is 8.58. The minimum absolute atomic E-state index is 0.0916. The summed E-state index contributed by atoms with van der Waals surface area (Å²) in [5.74, 6) is 0.0916. The number of hydrogen-bond donors (Lipinski definition) is 4. The molecule has 2 amide bonds. The highest BCUT2D eigenvalue weighted by atomic mass is 16.6. The normalized spacial score (nSPS) is 19.8. The summed E-state index contributed by atoms with van der Waals surface area (Å²) >= 11 is 0. The van der Waals surface area contributed by atoms with Crippen LogP contribution in [0.2, 0.25) is 0 Å². The fourth-order valence-electron chi connectivity index (χ4n) is 4.21. The number of rotatable bonds is 12. The van der Waals surface area contributed by atoms with Crippen LogP contribution in [0.5, 0.6) is 0 Å². The summed E-state index contributed by atoms with van der Waals surface area (Å²) in [5.41, 5.74) is 12.5. The fourth-order valence-corrected chi connectivity index (χ4v) is 4.21. The Hall–Kier alpha value is -1.54. The second-order valence-corrected chi connectivity index (χ2v) is 8.58. The van der Waals surface area contributed by atoms with E-state index in [1.165, 1.54) is 6.42 Å². The number of nitrogens with two attached hydrogens (primary N) is 2. The zero-order valence-electron chi connectivity index (χ0n) is 19.4. The molecule has 6 N–H and O–H groups in total. The van der Waals surface area contributed by atoms with E-state index in [-0.39, 0.29) is 5.92 Å². The lowest BCUT2D eigenvalue weighted by Gasteiger charge is -2.48. The summed E-state index contributed by atoms with van der Waals surface area (Å²) in [6.07, 6.45) is 6.67. The molecule has 0 aromatic carbocycles. The molecule has 1 aliphatic carbocycles. The highest BCUT2D eigenvalue weighted by Gasteiger charge is 2.49. The molecular weight excluding hydrogens is 384 g/mol. The minimum atomic E-state index is -0.994.